The molecule has 3 aromatic rings. The number of hydrogen-bond donors (Lipinski definition) is 2. The topological polar surface area (TPSA) is 117 Å². The Morgan fingerprint density at radius 1 is 1.21 bits per heavy atom. The van der Waals surface area contributed by atoms with Crippen LogP contribution in [0.1, 0.15) is 18.4 Å². The number of ether oxygens (including phenoxy) is 1. The van der Waals surface area contributed by atoms with E-state index in [0.29, 0.717) is 36.9 Å². The summed E-state index contributed by atoms with van der Waals surface area (Å²) in [7, 11) is 0. The first-order chi connectivity index (χ1) is 16.5. The number of benzene rings is 2. The van der Waals surface area contributed by atoms with Crippen LogP contribution in [-0.4, -0.2) is 39.9 Å². The monoisotopic (exact) mass is 454 g/mol. The number of hydrogen-bond acceptors (Lipinski definition) is 7. The maximum Gasteiger partial charge on any atom is 0.263 e. The average molecular weight is 455 g/mol. The fraction of sp³-hybridized carbons (Fsp3) is 0.231. The van der Waals surface area contributed by atoms with Gasteiger partial charge in [-0.1, -0.05) is 49.0 Å². The van der Waals surface area contributed by atoms with Crippen molar-refractivity contribution in [1.29, 1.82) is 5.26 Å². The minimum atomic E-state index is -0.331. The van der Waals surface area contributed by atoms with Crippen LogP contribution in [-0.2, 0) is 11.4 Å². The van der Waals surface area contributed by atoms with Crippen LogP contribution in [0.5, 0.6) is 5.75 Å². The van der Waals surface area contributed by atoms with E-state index in [1.807, 2.05) is 60.7 Å². The van der Waals surface area contributed by atoms with Gasteiger partial charge in [-0.25, -0.2) is 9.97 Å². The molecule has 0 bridgehead atoms. The first-order valence-electron chi connectivity index (χ1n) is 11.1. The molecule has 1 unspecified atom stereocenters. The second-order valence-electron chi connectivity index (χ2n) is 8.11. The highest BCUT2D eigenvalue weighted by Gasteiger charge is 2.26. The van der Waals surface area contributed by atoms with Gasteiger partial charge in [-0.3, -0.25) is 4.79 Å². The molecule has 0 aliphatic carbocycles. The summed E-state index contributed by atoms with van der Waals surface area (Å²) in [5.74, 6) is 1.38. The number of nitriles is 1. The summed E-state index contributed by atoms with van der Waals surface area (Å²) in [6, 6.07) is 19.4. The Morgan fingerprint density at radius 2 is 1.97 bits per heavy atom. The van der Waals surface area contributed by atoms with Crippen molar-refractivity contribution in [2.45, 2.75) is 25.5 Å². The summed E-state index contributed by atoms with van der Waals surface area (Å²) in [6.45, 7) is 5.08. The number of nitrogen functional groups attached to an aromatic ring is 1. The molecule has 34 heavy (non-hydrogen) atoms. The Hall–Kier alpha value is -4.38. The van der Waals surface area contributed by atoms with Crippen molar-refractivity contribution in [2.75, 3.05) is 24.1 Å². The number of nitrogens with two attached hydrogens (primary N) is 1. The lowest BCUT2D eigenvalue weighted by Crippen LogP contribution is -2.45. The average Bonchev–Trinajstić information content (AvgIpc) is 2.88. The highest BCUT2D eigenvalue weighted by atomic mass is 16.5. The summed E-state index contributed by atoms with van der Waals surface area (Å²) in [4.78, 5) is 22.6. The number of anilines is 2. The van der Waals surface area contributed by atoms with E-state index in [1.54, 1.807) is 4.90 Å². The van der Waals surface area contributed by atoms with Crippen LogP contribution in [0.4, 0.5) is 11.6 Å². The van der Waals surface area contributed by atoms with Crippen LogP contribution < -0.4 is 15.8 Å². The summed E-state index contributed by atoms with van der Waals surface area (Å²) >= 11 is 0. The predicted molar refractivity (Wildman–Crippen MR) is 131 cm³/mol. The van der Waals surface area contributed by atoms with Gasteiger partial charge in [0.05, 0.1) is 5.56 Å². The van der Waals surface area contributed by atoms with Crippen LogP contribution in [0.2, 0.25) is 0 Å². The first-order valence-corrected chi connectivity index (χ1v) is 11.1. The second kappa shape index (κ2) is 10.5. The van der Waals surface area contributed by atoms with E-state index in [0.717, 1.165) is 29.7 Å². The molecule has 1 fully saturated rings. The van der Waals surface area contributed by atoms with Crippen molar-refractivity contribution in [3.05, 3.63) is 78.6 Å². The molecule has 4 rings (SSSR count). The van der Waals surface area contributed by atoms with Crippen LogP contribution >= 0.6 is 0 Å². The first kappa shape index (κ1) is 22.8. The van der Waals surface area contributed by atoms with Gasteiger partial charge in [0.25, 0.3) is 5.91 Å². The minimum Gasteiger partial charge on any atom is -0.489 e. The minimum absolute atomic E-state index is 0.0364. The zero-order valence-corrected chi connectivity index (χ0v) is 18.8. The number of carbonyl (C=O) groups excluding carboxylic acids is 1. The summed E-state index contributed by atoms with van der Waals surface area (Å²) < 4.78 is 5.88. The smallest absolute Gasteiger partial charge is 0.263 e. The molecule has 1 aliphatic rings. The molecule has 0 radical (unpaired) electrons. The lowest BCUT2D eigenvalue weighted by molar-refractivity contribution is -0.127. The van der Waals surface area contributed by atoms with Crippen molar-refractivity contribution in [1.82, 2.24) is 14.9 Å². The van der Waals surface area contributed by atoms with Gasteiger partial charge in [-0.2, -0.15) is 5.26 Å². The van der Waals surface area contributed by atoms with E-state index < -0.39 is 0 Å². The number of aromatic nitrogens is 2. The molecule has 1 aromatic heterocycles. The van der Waals surface area contributed by atoms with Crippen LogP contribution in [0.15, 0.2) is 73.1 Å². The Kier molecular flexibility index (Phi) is 7.04. The van der Waals surface area contributed by atoms with E-state index in [1.165, 1.54) is 6.33 Å². The van der Waals surface area contributed by atoms with Crippen molar-refractivity contribution in [2.24, 2.45) is 0 Å². The van der Waals surface area contributed by atoms with Crippen molar-refractivity contribution in [3.8, 4) is 22.9 Å². The Bertz CT molecular complexity index is 1200. The maximum atomic E-state index is 12.4. The summed E-state index contributed by atoms with van der Waals surface area (Å²) in [6.07, 6.45) is 3.09. The lowest BCUT2D eigenvalue weighted by atomic mass is 10.0. The molecular weight excluding hydrogens is 428 g/mol. The molecule has 1 amide bonds. The zero-order chi connectivity index (χ0) is 23.9. The second-order valence-corrected chi connectivity index (χ2v) is 8.11. The van der Waals surface area contributed by atoms with Gasteiger partial charge < -0.3 is 20.7 Å². The summed E-state index contributed by atoms with van der Waals surface area (Å²) in [5.41, 5.74) is 8.82. The third-order valence-corrected chi connectivity index (χ3v) is 5.71. The maximum absolute atomic E-state index is 12.4. The highest BCUT2D eigenvalue weighted by molar-refractivity contribution is 5.96. The van der Waals surface area contributed by atoms with E-state index in [-0.39, 0.29) is 17.5 Å². The van der Waals surface area contributed by atoms with Gasteiger partial charge in [0.15, 0.2) is 0 Å². The lowest BCUT2D eigenvalue weighted by Gasteiger charge is -2.33. The molecular formula is C26H26N6O2. The number of rotatable bonds is 7. The largest absolute Gasteiger partial charge is 0.489 e. The van der Waals surface area contributed by atoms with Crippen molar-refractivity contribution in [3.63, 3.8) is 0 Å². The van der Waals surface area contributed by atoms with Crippen molar-refractivity contribution >= 4 is 17.5 Å². The SMILES string of the molecule is C=C(C#N)C(=O)N1CCCC(Nc2ncnc(N)c2-c2ccc(OCc3ccccc3)cc2)C1. The molecule has 1 atom stereocenters. The molecule has 1 saturated heterocycles. The number of amides is 1. The fourth-order valence-corrected chi connectivity index (χ4v) is 3.96. The van der Waals surface area contributed by atoms with Crippen molar-refractivity contribution < 1.29 is 9.53 Å². The van der Waals surface area contributed by atoms with Gasteiger partial charge in [0.2, 0.25) is 0 Å². The molecule has 0 saturated carbocycles. The third-order valence-electron chi connectivity index (χ3n) is 5.71. The van der Waals surface area contributed by atoms with E-state index in [2.05, 4.69) is 21.9 Å². The number of nitrogens with one attached hydrogen (secondary N) is 1. The number of likely N-dealkylation sites (tertiary alicyclic amines) is 1. The summed E-state index contributed by atoms with van der Waals surface area (Å²) in [5, 5.41) is 12.4. The van der Waals surface area contributed by atoms with Crippen LogP contribution in [0.25, 0.3) is 11.1 Å². The number of carbonyl (C=O) groups is 1. The van der Waals surface area contributed by atoms with E-state index in [4.69, 9.17) is 15.7 Å². The van der Waals surface area contributed by atoms with Gasteiger partial charge >= 0.3 is 0 Å². The number of nitrogens with zero attached hydrogens (tertiary/aromatic N) is 4. The van der Waals surface area contributed by atoms with Crippen LogP contribution in [0.3, 0.4) is 0 Å². The zero-order valence-electron chi connectivity index (χ0n) is 18.8. The van der Waals surface area contributed by atoms with Gasteiger partial charge in [0.1, 0.15) is 42.0 Å². The Labute approximate surface area is 198 Å². The molecule has 8 nitrogen and oxygen atoms in total. The van der Waals surface area contributed by atoms with E-state index in [9.17, 15) is 4.79 Å². The highest BCUT2D eigenvalue weighted by Crippen LogP contribution is 2.33. The molecule has 1 aliphatic heterocycles. The van der Waals surface area contributed by atoms with Crippen LogP contribution in [0, 0.1) is 11.3 Å². The van der Waals surface area contributed by atoms with Gasteiger partial charge in [0, 0.05) is 19.1 Å². The molecule has 8 heteroatoms. The predicted octanol–water partition coefficient (Wildman–Crippen LogP) is 3.79. The fourth-order valence-electron chi connectivity index (χ4n) is 3.96. The quantitative estimate of drug-likeness (QED) is 0.412. The Morgan fingerprint density at radius 3 is 2.71 bits per heavy atom. The molecule has 172 valence electrons. The molecule has 0 spiro atoms. The molecule has 2 heterocycles. The number of piperidine rings is 1. The molecule has 2 aromatic carbocycles. The van der Waals surface area contributed by atoms with E-state index >= 15 is 0 Å². The van der Waals surface area contributed by atoms with Gasteiger partial charge in [-0.05, 0) is 36.1 Å². The van der Waals surface area contributed by atoms with Gasteiger partial charge in [-0.15, -0.1) is 0 Å². The third kappa shape index (κ3) is 5.33. The molecule has 3 N–H and O–H groups in total. The standard InChI is InChI=1S/C26H26N6O2/c1-18(14-27)26(33)32-13-5-8-21(15-32)31-25-23(24(28)29-17-30-25)20-9-11-22(12-10-20)34-16-19-6-3-2-4-7-19/h2-4,6-7,9-12,17,21H,1,5,8,13,15-16H2,(H3,28,29,30,31). The Balaban J connectivity index is 1.48. The normalized spacial score (nSPS) is 15.3.